The molecule has 14 heavy (non-hydrogen) atoms. The molecule has 0 aliphatic carbocycles. The molecule has 1 aromatic heterocycles. The minimum absolute atomic E-state index is 0.108. The summed E-state index contributed by atoms with van der Waals surface area (Å²) in [7, 11) is 0. The van der Waals surface area contributed by atoms with E-state index in [1.54, 1.807) is 6.20 Å². The Morgan fingerprint density at radius 2 is 2.07 bits per heavy atom. The molecule has 1 heterocycles. The minimum atomic E-state index is -0.108. The van der Waals surface area contributed by atoms with Crippen LogP contribution >= 0.6 is 0 Å². The number of hydrogen-bond donors (Lipinski definition) is 2. The van der Waals surface area contributed by atoms with Crippen LogP contribution in [0.2, 0.25) is 0 Å². The van der Waals surface area contributed by atoms with Gasteiger partial charge < -0.3 is 11.5 Å². The van der Waals surface area contributed by atoms with Crippen LogP contribution in [0.5, 0.6) is 0 Å². The van der Waals surface area contributed by atoms with Gasteiger partial charge in [-0.1, -0.05) is 18.2 Å². The van der Waals surface area contributed by atoms with Gasteiger partial charge in [0.1, 0.15) is 0 Å². The molecular weight excluding hydrogens is 174 g/mol. The van der Waals surface area contributed by atoms with Crippen molar-refractivity contribution in [2.75, 3.05) is 6.54 Å². The molecule has 0 fully saturated rings. The van der Waals surface area contributed by atoms with E-state index in [1.807, 2.05) is 30.3 Å². The zero-order valence-electron chi connectivity index (χ0n) is 7.85. The van der Waals surface area contributed by atoms with E-state index < -0.39 is 0 Å². The average molecular weight is 187 g/mol. The summed E-state index contributed by atoms with van der Waals surface area (Å²) in [5, 5.41) is 1.09. The Kier molecular flexibility index (Phi) is 2.43. The van der Waals surface area contributed by atoms with Crippen molar-refractivity contribution in [3.05, 3.63) is 42.1 Å². The van der Waals surface area contributed by atoms with Crippen molar-refractivity contribution in [1.82, 2.24) is 4.98 Å². The summed E-state index contributed by atoms with van der Waals surface area (Å²) >= 11 is 0. The Labute approximate surface area is 82.7 Å². The third-order valence-corrected chi connectivity index (χ3v) is 2.33. The number of hydrogen-bond acceptors (Lipinski definition) is 3. The van der Waals surface area contributed by atoms with E-state index in [0.29, 0.717) is 6.54 Å². The number of aromatic nitrogens is 1. The van der Waals surface area contributed by atoms with Crippen molar-refractivity contribution < 1.29 is 0 Å². The van der Waals surface area contributed by atoms with Crippen LogP contribution in [0.1, 0.15) is 11.6 Å². The van der Waals surface area contributed by atoms with Crippen LogP contribution in [0.4, 0.5) is 0 Å². The molecule has 2 aromatic rings. The van der Waals surface area contributed by atoms with Crippen molar-refractivity contribution in [2.24, 2.45) is 11.5 Å². The summed E-state index contributed by atoms with van der Waals surface area (Å²) in [6.45, 7) is 0.452. The number of nitrogens with two attached hydrogens (primary N) is 2. The van der Waals surface area contributed by atoms with E-state index in [9.17, 15) is 0 Å². The number of fused-ring (bicyclic) bond motifs is 1. The lowest BCUT2D eigenvalue weighted by molar-refractivity contribution is 0.743. The third-order valence-electron chi connectivity index (χ3n) is 2.33. The Balaban J connectivity index is 2.65. The summed E-state index contributed by atoms with van der Waals surface area (Å²) in [5.41, 5.74) is 13.5. The summed E-state index contributed by atoms with van der Waals surface area (Å²) in [4.78, 5) is 4.26. The van der Waals surface area contributed by atoms with Gasteiger partial charge in [0.25, 0.3) is 0 Å². The maximum absolute atomic E-state index is 5.91. The van der Waals surface area contributed by atoms with Gasteiger partial charge in [-0.25, -0.2) is 0 Å². The second-order valence-corrected chi connectivity index (χ2v) is 3.26. The summed E-state index contributed by atoms with van der Waals surface area (Å²) in [6, 6.07) is 9.76. The normalized spacial score (nSPS) is 13.0. The highest BCUT2D eigenvalue weighted by atomic mass is 14.7. The lowest BCUT2D eigenvalue weighted by atomic mass is 10.0. The topological polar surface area (TPSA) is 64.9 Å². The van der Waals surface area contributed by atoms with Crippen LogP contribution in [-0.4, -0.2) is 11.5 Å². The summed E-state index contributed by atoms with van der Waals surface area (Å²) < 4.78 is 0. The van der Waals surface area contributed by atoms with E-state index in [-0.39, 0.29) is 6.04 Å². The standard InChI is InChI=1S/C11H13N3/c12-7-10(13)8-3-1-5-11-9(8)4-2-6-14-11/h1-6,10H,7,12-13H2. The van der Waals surface area contributed by atoms with E-state index in [1.165, 1.54) is 0 Å². The second kappa shape index (κ2) is 3.74. The van der Waals surface area contributed by atoms with Gasteiger partial charge in [0.2, 0.25) is 0 Å². The number of rotatable bonds is 2. The highest BCUT2D eigenvalue weighted by Crippen LogP contribution is 2.20. The van der Waals surface area contributed by atoms with Crippen LogP contribution in [0.15, 0.2) is 36.5 Å². The van der Waals surface area contributed by atoms with Gasteiger partial charge in [0.05, 0.1) is 5.52 Å². The van der Waals surface area contributed by atoms with E-state index >= 15 is 0 Å². The fourth-order valence-electron chi connectivity index (χ4n) is 1.58. The maximum Gasteiger partial charge on any atom is 0.0705 e. The minimum Gasteiger partial charge on any atom is -0.329 e. The molecule has 0 saturated carbocycles. The Morgan fingerprint density at radius 1 is 1.21 bits per heavy atom. The zero-order chi connectivity index (χ0) is 9.97. The van der Waals surface area contributed by atoms with Crippen molar-refractivity contribution in [2.45, 2.75) is 6.04 Å². The number of nitrogens with zero attached hydrogens (tertiary/aromatic N) is 1. The third kappa shape index (κ3) is 1.47. The molecule has 0 bridgehead atoms. The molecule has 0 aliphatic rings. The van der Waals surface area contributed by atoms with Gasteiger partial charge >= 0.3 is 0 Å². The van der Waals surface area contributed by atoms with Gasteiger partial charge in [-0.05, 0) is 17.7 Å². The Morgan fingerprint density at radius 3 is 2.86 bits per heavy atom. The highest BCUT2D eigenvalue weighted by Gasteiger charge is 2.07. The van der Waals surface area contributed by atoms with Gasteiger partial charge in [0.15, 0.2) is 0 Å². The molecule has 2 rings (SSSR count). The lowest BCUT2D eigenvalue weighted by Crippen LogP contribution is -2.20. The van der Waals surface area contributed by atoms with Gasteiger partial charge in [-0.15, -0.1) is 0 Å². The van der Waals surface area contributed by atoms with Gasteiger partial charge in [-0.2, -0.15) is 0 Å². The lowest BCUT2D eigenvalue weighted by Gasteiger charge is -2.11. The first-order valence-corrected chi connectivity index (χ1v) is 4.62. The molecule has 0 spiro atoms. The fourth-order valence-corrected chi connectivity index (χ4v) is 1.58. The first-order chi connectivity index (χ1) is 6.83. The molecule has 1 aromatic carbocycles. The van der Waals surface area contributed by atoms with Crippen LogP contribution in [0.3, 0.4) is 0 Å². The summed E-state index contributed by atoms with van der Waals surface area (Å²) in [6.07, 6.45) is 1.78. The quantitative estimate of drug-likeness (QED) is 0.742. The average Bonchev–Trinajstić information content (AvgIpc) is 2.27. The molecule has 4 N–H and O–H groups in total. The molecule has 3 heteroatoms. The first-order valence-electron chi connectivity index (χ1n) is 4.62. The molecular formula is C11H13N3. The number of pyridine rings is 1. The molecule has 3 nitrogen and oxygen atoms in total. The van der Waals surface area contributed by atoms with Gasteiger partial charge in [0, 0.05) is 24.2 Å². The zero-order valence-corrected chi connectivity index (χ0v) is 7.85. The van der Waals surface area contributed by atoms with Crippen LogP contribution < -0.4 is 11.5 Å². The van der Waals surface area contributed by atoms with Crippen LogP contribution in [-0.2, 0) is 0 Å². The molecule has 0 radical (unpaired) electrons. The second-order valence-electron chi connectivity index (χ2n) is 3.26. The van der Waals surface area contributed by atoms with Crippen LogP contribution in [0.25, 0.3) is 10.9 Å². The molecule has 0 aliphatic heterocycles. The van der Waals surface area contributed by atoms with Crippen molar-refractivity contribution in [1.29, 1.82) is 0 Å². The van der Waals surface area contributed by atoms with Crippen molar-refractivity contribution >= 4 is 10.9 Å². The Hall–Kier alpha value is -1.45. The van der Waals surface area contributed by atoms with Crippen LogP contribution in [0, 0.1) is 0 Å². The van der Waals surface area contributed by atoms with Crippen molar-refractivity contribution in [3.8, 4) is 0 Å². The Bertz CT molecular complexity index is 434. The largest absolute Gasteiger partial charge is 0.329 e. The molecule has 72 valence electrons. The number of benzene rings is 1. The predicted molar refractivity (Wildman–Crippen MR) is 57.7 cm³/mol. The van der Waals surface area contributed by atoms with E-state index in [0.717, 1.165) is 16.5 Å². The van der Waals surface area contributed by atoms with Gasteiger partial charge in [-0.3, -0.25) is 4.98 Å². The molecule has 1 atom stereocenters. The predicted octanol–water partition coefficient (Wildman–Crippen LogP) is 1.19. The smallest absolute Gasteiger partial charge is 0.0705 e. The van der Waals surface area contributed by atoms with E-state index in [2.05, 4.69) is 4.98 Å². The molecule has 1 unspecified atom stereocenters. The first kappa shape index (κ1) is 9.12. The highest BCUT2D eigenvalue weighted by molar-refractivity contribution is 5.82. The fraction of sp³-hybridized carbons (Fsp3) is 0.182. The van der Waals surface area contributed by atoms with Crippen molar-refractivity contribution in [3.63, 3.8) is 0 Å². The summed E-state index contributed by atoms with van der Waals surface area (Å²) in [5.74, 6) is 0. The monoisotopic (exact) mass is 187 g/mol. The molecule has 0 amide bonds. The van der Waals surface area contributed by atoms with E-state index in [4.69, 9.17) is 11.5 Å². The SMILES string of the molecule is NCC(N)c1cccc2ncccc12. The molecule has 0 saturated heterocycles. The maximum atomic E-state index is 5.91.